The number of pyridine rings is 1. The van der Waals surface area contributed by atoms with E-state index in [0.717, 1.165) is 70.6 Å². The maximum atomic E-state index is 16.3. The molecular formula is C36H49F3N6O. The summed E-state index contributed by atoms with van der Waals surface area (Å²) in [6, 6.07) is 4.13. The van der Waals surface area contributed by atoms with E-state index in [9.17, 15) is 4.79 Å². The molecule has 8 bridgehead atoms. The van der Waals surface area contributed by atoms with Crippen LogP contribution >= 0.6 is 0 Å². The molecule has 1 aromatic carbocycles. The molecule has 7 rings (SSSR count). The number of anilines is 1. The second kappa shape index (κ2) is 14.0. The summed E-state index contributed by atoms with van der Waals surface area (Å²) >= 11 is 0. The summed E-state index contributed by atoms with van der Waals surface area (Å²) in [4.78, 5) is 27.7. The number of halogens is 3. The lowest BCUT2D eigenvalue weighted by atomic mass is 9.85. The van der Waals surface area contributed by atoms with E-state index in [0.29, 0.717) is 42.3 Å². The molecule has 1 atom stereocenters. The van der Waals surface area contributed by atoms with Crippen molar-refractivity contribution in [3.8, 4) is 0 Å². The number of alkyl halides is 2. The van der Waals surface area contributed by atoms with E-state index in [1.165, 1.54) is 18.5 Å². The smallest absolute Gasteiger partial charge is 0.278 e. The first kappa shape index (κ1) is 29.2. The van der Waals surface area contributed by atoms with Crippen LogP contribution in [0.15, 0.2) is 35.4 Å². The molecule has 0 radical (unpaired) electrons. The zero-order chi connectivity index (χ0) is 34.9. The highest BCUT2D eigenvalue weighted by Gasteiger charge is 2.45. The molecule has 2 aromatic heterocycles. The minimum atomic E-state index is -3.47. The number of hydrogen-bond acceptors (Lipinski definition) is 6. The molecule has 0 amide bonds. The van der Waals surface area contributed by atoms with Crippen LogP contribution in [0.25, 0.3) is 11.0 Å². The third-order valence-corrected chi connectivity index (χ3v) is 10.5. The number of benzene rings is 1. The molecule has 0 aliphatic carbocycles. The average molecular weight is 642 g/mol. The Labute approximate surface area is 274 Å². The summed E-state index contributed by atoms with van der Waals surface area (Å²) in [6.45, 7) is 5.52. The van der Waals surface area contributed by atoms with Gasteiger partial charge in [-0.25, -0.2) is 23.1 Å². The molecule has 2 fully saturated rings. The first-order valence-electron chi connectivity index (χ1n) is 18.6. The monoisotopic (exact) mass is 641 g/mol. The lowest BCUT2D eigenvalue weighted by Gasteiger charge is -2.36. The van der Waals surface area contributed by atoms with Crippen LogP contribution in [0, 0.1) is 11.7 Å². The minimum absolute atomic E-state index is 0.000764. The molecule has 6 heterocycles. The Balaban J connectivity index is 1.46. The number of piperidine rings is 2. The van der Waals surface area contributed by atoms with Gasteiger partial charge < -0.3 is 15.1 Å². The number of fused-ring (bicyclic) bond motifs is 9. The van der Waals surface area contributed by atoms with Crippen molar-refractivity contribution < 1.29 is 17.3 Å². The van der Waals surface area contributed by atoms with E-state index in [1.807, 2.05) is 0 Å². The van der Waals surface area contributed by atoms with Gasteiger partial charge in [-0.3, -0.25) is 9.36 Å². The van der Waals surface area contributed by atoms with Gasteiger partial charge in [0, 0.05) is 33.7 Å². The van der Waals surface area contributed by atoms with Crippen molar-refractivity contribution >= 4 is 16.9 Å². The van der Waals surface area contributed by atoms with Gasteiger partial charge in [0.25, 0.3) is 11.5 Å². The number of aryl methyl sites for hydroxylation is 1. The number of aromatic nitrogens is 3. The Kier molecular flexibility index (Phi) is 8.89. The Bertz CT molecular complexity index is 1670. The van der Waals surface area contributed by atoms with Crippen LogP contribution in [0.1, 0.15) is 111 Å². The Morgan fingerprint density at radius 2 is 1.65 bits per heavy atom. The maximum Gasteiger partial charge on any atom is 0.278 e. The van der Waals surface area contributed by atoms with Gasteiger partial charge in [-0.2, -0.15) is 0 Å². The Hall–Kier alpha value is -2.98. The summed E-state index contributed by atoms with van der Waals surface area (Å²) in [6.07, 6.45) is 7.99. The third-order valence-electron chi connectivity index (χ3n) is 10.5. The van der Waals surface area contributed by atoms with Gasteiger partial charge in [0.2, 0.25) is 0 Å². The number of hydrogen-bond donors (Lipinski definition) is 1. The summed E-state index contributed by atoms with van der Waals surface area (Å²) in [5, 5.41) is 3.39. The summed E-state index contributed by atoms with van der Waals surface area (Å²) in [5.41, 5.74) is -0.250. The van der Waals surface area contributed by atoms with Crippen LogP contribution in [-0.2, 0) is 12.5 Å². The fraction of sp³-hybridized carbons (Fsp3) is 0.639. The third kappa shape index (κ3) is 6.70. The van der Waals surface area contributed by atoms with Crippen LogP contribution in [-0.4, -0.2) is 63.1 Å². The fourth-order valence-corrected chi connectivity index (χ4v) is 7.66. The first-order valence-corrected chi connectivity index (χ1v) is 17.1. The second-order valence-electron chi connectivity index (χ2n) is 13.7. The van der Waals surface area contributed by atoms with Crippen molar-refractivity contribution in [3.63, 3.8) is 0 Å². The van der Waals surface area contributed by atoms with Crippen LogP contribution in [0.3, 0.4) is 0 Å². The molecule has 3 aromatic rings. The van der Waals surface area contributed by atoms with Crippen LogP contribution < -0.4 is 10.9 Å². The lowest BCUT2D eigenvalue weighted by Crippen LogP contribution is -2.40. The van der Waals surface area contributed by atoms with E-state index < -0.39 is 36.1 Å². The van der Waals surface area contributed by atoms with Crippen molar-refractivity contribution in [2.45, 2.75) is 109 Å². The predicted octanol–water partition coefficient (Wildman–Crippen LogP) is 7.46. The molecule has 0 unspecified atom stereocenters. The van der Waals surface area contributed by atoms with Gasteiger partial charge in [0.1, 0.15) is 23.6 Å². The van der Waals surface area contributed by atoms with Gasteiger partial charge in [-0.15, -0.1) is 0 Å². The van der Waals surface area contributed by atoms with Gasteiger partial charge in [0.05, 0.1) is 17.0 Å². The molecule has 0 saturated carbocycles. The Morgan fingerprint density at radius 1 is 0.935 bits per heavy atom. The molecule has 4 aliphatic heterocycles. The first-order chi connectivity index (χ1) is 23.4. The van der Waals surface area contributed by atoms with Crippen molar-refractivity contribution in [3.05, 3.63) is 63.5 Å². The standard InChI is InChI=1S/C36H49F3N6O/c1-24(2)44-20-12-26(13-21-44)29-22-30-33-40-23-41-34(30)45(35(29)46)17-8-6-4-5-7-16-43-18-14-27(15-19-43)36(38,39)31-11-9-10-28(32(31)37)25(3)42-33/h9-11,22-27H,4-8,12-21H2,1-3H3,(H,40,41,42)/t25-/m1/s1/i3D3. The van der Waals surface area contributed by atoms with E-state index in [1.54, 1.807) is 10.6 Å². The predicted molar refractivity (Wildman–Crippen MR) is 177 cm³/mol. The van der Waals surface area contributed by atoms with Crippen LogP contribution in [0.4, 0.5) is 19.0 Å². The quantitative estimate of drug-likeness (QED) is 0.314. The molecule has 2 saturated heterocycles. The number of nitrogens with one attached hydrogen (secondary N) is 1. The molecule has 10 heteroatoms. The van der Waals surface area contributed by atoms with E-state index in [4.69, 9.17) is 4.11 Å². The van der Waals surface area contributed by atoms with E-state index in [-0.39, 0.29) is 35.7 Å². The minimum Gasteiger partial charge on any atom is -0.363 e. The lowest BCUT2D eigenvalue weighted by molar-refractivity contribution is -0.0880. The molecule has 1 N–H and O–H groups in total. The van der Waals surface area contributed by atoms with Gasteiger partial charge in [0.15, 0.2) is 0 Å². The molecule has 46 heavy (non-hydrogen) atoms. The molecule has 250 valence electrons. The number of rotatable bonds is 2. The summed E-state index contributed by atoms with van der Waals surface area (Å²) in [7, 11) is 0. The summed E-state index contributed by atoms with van der Waals surface area (Å²) < 4.78 is 75.3. The van der Waals surface area contributed by atoms with Crippen molar-refractivity contribution in [1.29, 1.82) is 0 Å². The van der Waals surface area contributed by atoms with Crippen molar-refractivity contribution in [1.82, 2.24) is 24.3 Å². The zero-order valence-corrected chi connectivity index (χ0v) is 27.1. The number of nitrogens with zero attached hydrogens (tertiary/aromatic N) is 5. The molecular weight excluding hydrogens is 589 g/mol. The molecule has 7 nitrogen and oxygen atoms in total. The van der Waals surface area contributed by atoms with Crippen molar-refractivity contribution in [2.75, 3.05) is 38.0 Å². The highest BCUT2D eigenvalue weighted by atomic mass is 19.3. The van der Waals surface area contributed by atoms with E-state index in [2.05, 4.69) is 38.9 Å². The summed E-state index contributed by atoms with van der Waals surface area (Å²) in [5.74, 6) is -5.61. The Morgan fingerprint density at radius 3 is 2.37 bits per heavy atom. The van der Waals surface area contributed by atoms with Gasteiger partial charge in [-0.1, -0.05) is 37.5 Å². The number of likely N-dealkylation sites (tertiary alicyclic amines) is 1. The SMILES string of the molecule is [2H]C([2H])([2H])[C@H]1Nc2ncnc3c2cc(C2CCN(C(C)C)CC2)c(=O)n3CCCCCCCN2CCC(CC2)C(F)(F)c2cccc1c2F. The zero-order valence-electron chi connectivity index (χ0n) is 30.1. The largest absolute Gasteiger partial charge is 0.363 e. The fourth-order valence-electron chi connectivity index (χ4n) is 7.66. The average Bonchev–Trinajstić information content (AvgIpc) is 3.07. The van der Waals surface area contributed by atoms with Crippen LogP contribution in [0.2, 0.25) is 0 Å². The topological polar surface area (TPSA) is 66.3 Å². The normalized spacial score (nSPS) is 26.7. The highest BCUT2D eigenvalue weighted by molar-refractivity contribution is 5.87. The van der Waals surface area contributed by atoms with E-state index >= 15 is 13.2 Å². The highest BCUT2D eigenvalue weighted by Crippen LogP contribution is 2.44. The molecule has 0 spiro atoms. The maximum absolute atomic E-state index is 16.3. The van der Waals surface area contributed by atoms with Crippen LogP contribution in [0.5, 0.6) is 0 Å². The molecule has 4 aliphatic rings. The second-order valence-corrected chi connectivity index (χ2v) is 13.7. The van der Waals surface area contributed by atoms with Crippen molar-refractivity contribution in [2.24, 2.45) is 5.92 Å². The van der Waals surface area contributed by atoms with Gasteiger partial charge >= 0.3 is 0 Å². The van der Waals surface area contributed by atoms with Gasteiger partial charge in [-0.05, 0) is 104 Å².